The van der Waals surface area contributed by atoms with Crippen molar-refractivity contribution in [3.63, 3.8) is 0 Å². The van der Waals surface area contributed by atoms with Crippen LogP contribution in [0.5, 0.6) is 11.5 Å². The number of nitrogens with one attached hydrogen (secondary N) is 1. The number of carbonyl (C=O) groups excluding carboxylic acids is 1. The lowest BCUT2D eigenvalue weighted by molar-refractivity contribution is 0.0951. The minimum atomic E-state index is -0.175. The molecular weight excluding hydrogens is 432 g/mol. The molecule has 5 rings (SSSR count). The zero-order chi connectivity index (χ0) is 21.9. The summed E-state index contributed by atoms with van der Waals surface area (Å²) in [6.07, 6.45) is 1.81. The molecule has 2 aliphatic rings. The molecule has 2 aromatic heterocycles. The standard InChI is InChI=1S/C21H24N6O4S/c1-2-32-21-24-18(26-7-9-29-10-8-26)15-12-23-27(19(15)25-21)6-5-22-20(28)14-3-4-16-17(11-14)31-13-30-16/h3-4,11-12H,2,5-10,13H2,1H3,(H,22,28). The summed E-state index contributed by atoms with van der Waals surface area (Å²) in [6.45, 7) is 6.11. The predicted molar refractivity (Wildman–Crippen MR) is 120 cm³/mol. The molecule has 1 saturated heterocycles. The number of rotatable bonds is 7. The van der Waals surface area contributed by atoms with E-state index >= 15 is 0 Å². The number of benzene rings is 1. The fourth-order valence-electron chi connectivity index (χ4n) is 3.71. The first-order chi connectivity index (χ1) is 15.7. The number of amides is 1. The third-order valence-corrected chi connectivity index (χ3v) is 6.01. The van der Waals surface area contributed by atoms with Gasteiger partial charge in [-0.25, -0.2) is 14.6 Å². The van der Waals surface area contributed by atoms with E-state index in [9.17, 15) is 4.79 Å². The Morgan fingerprint density at radius 2 is 2.03 bits per heavy atom. The highest BCUT2D eigenvalue weighted by Crippen LogP contribution is 2.32. The van der Waals surface area contributed by atoms with Crippen LogP contribution in [0.15, 0.2) is 29.6 Å². The molecule has 2 aliphatic heterocycles. The van der Waals surface area contributed by atoms with Crippen LogP contribution in [0, 0.1) is 0 Å². The van der Waals surface area contributed by atoms with Crippen LogP contribution >= 0.6 is 11.8 Å². The molecule has 0 unspecified atom stereocenters. The summed E-state index contributed by atoms with van der Waals surface area (Å²) in [5.41, 5.74) is 1.30. The number of aromatic nitrogens is 4. The molecule has 0 bridgehead atoms. The number of hydrogen-bond acceptors (Lipinski definition) is 9. The second kappa shape index (κ2) is 9.21. The van der Waals surface area contributed by atoms with Crippen molar-refractivity contribution in [3.05, 3.63) is 30.0 Å². The summed E-state index contributed by atoms with van der Waals surface area (Å²) >= 11 is 1.60. The molecule has 0 saturated carbocycles. The molecule has 0 atom stereocenters. The van der Waals surface area contributed by atoms with Crippen LogP contribution in [0.1, 0.15) is 17.3 Å². The van der Waals surface area contributed by atoms with E-state index in [0.717, 1.165) is 40.9 Å². The number of thioether (sulfide) groups is 1. The van der Waals surface area contributed by atoms with E-state index < -0.39 is 0 Å². The van der Waals surface area contributed by atoms with E-state index in [2.05, 4.69) is 22.2 Å². The Bertz CT molecular complexity index is 1130. The minimum Gasteiger partial charge on any atom is -0.454 e. The Morgan fingerprint density at radius 1 is 1.19 bits per heavy atom. The van der Waals surface area contributed by atoms with Crippen molar-refractivity contribution in [2.75, 3.05) is 50.3 Å². The van der Waals surface area contributed by atoms with Gasteiger partial charge in [0.2, 0.25) is 6.79 Å². The van der Waals surface area contributed by atoms with Gasteiger partial charge in [0.25, 0.3) is 5.91 Å². The van der Waals surface area contributed by atoms with Crippen LogP contribution in [0.2, 0.25) is 0 Å². The lowest BCUT2D eigenvalue weighted by Crippen LogP contribution is -2.37. The highest BCUT2D eigenvalue weighted by Gasteiger charge is 2.20. The molecule has 1 N–H and O–H groups in total. The fraction of sp³-hybridized carbons (Fsp3) is 0.429. The topological polar surface area (TPSA) is 104 Å². The molecule has 1 amide bonds. The van der Waals surface area contributed by atoms with Gasteiger partial charge >= 0.3 is 0 Å². The van der Waals surface area contributed by atoms with E-state index in [0.29, 0.717) is 43.4 Å². The van der Waals surface area contributed by atoms with Crippen molar-refractivity contribution in [1.29, 1.82) is 0 Å². The van der Waals surface area contributed by atoms with Gasteiger partial charge in [0.1, 0.15) is 5.82 Å². The fourth-order valence-corrected chi connectivity index (χ4v) is 4.27. The Kier molecular flexibility index (Phi) is 5.99. The van der Waals surface area contributed by atoms with Crippen LogP contribution in [0.4, 0.5) is 5.82 Å². The van der Waals surface area contributed by atoms with E-state index in [4.69, 9.17) is 24.2 Å². The van der Waals surface area contributed by atoms with Gasteiger partial charge in [-0.15, -0.1) is 0 Å². The summed E-state index contributed by atoms with van der Waals surface area (Å²) < 4.78 is 18.0. The quantitative estimate of drug-likeness (QED) is 0.422. The van der Waals surface area contributed by atoms with Crippen molar-refractivity contribution in [2.24, 2.45) is 0 Å². The molecule has 1 aromatic carbocycles. The molecule has 1 fully saturated rings. The minimum absolute atomic E-state index is 0.175. The molecule has 0 radical (unpaired) electrons. The second-order valence-electron chi connectivity index (χ2n) is 7.29. The van der Waals surface area contributed by atoms with Gasteiger partial charge in [-0.05, 0) is 24.0 Å². The molecule has 0 aliphatic carbocycles. The van der Waals surface area contributed by atoms with Crippen LogP contribution in [0.25, 0.3) is 11.0 Å². The van der Waals surface area contributed by atoms with Gasteiger partial charge in [0.15, 0.2) is 22.3 Å². The molecule has 3 aromatic rings. The predicted octanol–water partition coefficient (Wildman–Crippen LogP) is 1.93. The number of hydrogen-bond donors (Lipinski definition) is 1. The van der Waals surface area contributed by atoms with Gasteiger partial charge in [0.05, 0.1) is 31.3 Å². The molecule has 4 heterocycles. The summed E-state index contributed by atoms with van der Waals surface area (Å²) in [5.74, 6) is 2.84. The highest BCUT2D eigenvalue weighted by atomic mass is 32.2. The normalized spacial score (nSPS) is 15.3. The third kappa shape index (κ3) is 4.17. The van der Waals surface area contributed by atoms with Gasteiger partial charge in [-0.2, -0.15) is 5.10 Å². The number of morpholine rings is 1. The molecule has 0 spiro atoms. The maximum Gasteiger partial charge on any atom is 0.251 e. The first kappa shape index (κ1) is 20.8. The Balaban J connectivity index is 1.31. The lowest BCUT2D eigenvalue weighted by atomic mass is 10.2. The van der Waals surface area contributed by atoms with E-state index in [1.54, 1.807) is 36.2 Å². The molecule has 10 nitrogen and oxygen atoms in total. The Labute approximate surface area is 189 Å². The summed E-state index contributed by atoms with van der Waals surface area (Å²) in [6, 6.07) is 5.16. The van der Waals surface area contributed by atoms with E-state index in [-0.39, 0.29) is 12.7 Å². The van der Waals surface area contributed by atoms with Crippen molar-refractivity contribution in [2.45, 2.75) is 18.6 Å². The number of anilines is 1. The Morgan fingerprint density at radius 3 is 2.88 bits per heavy atom. The Hall–Kier alpha value is -3.05. The largest absolute Gasteiger partial charge is 0.454 e. The zero-order valence-electron chi connectivity index (χ0n) is 17.7. The first-order valence-corrected chi connectivity index (χ1v) is 11.6. The van der Waals surface area contributed by atoms with Crippen molar-refractivity contribution < 1.29 is 19.0 Å². The third-order valence-electron chi connectivity index (χ3n) is 5.28. The first-order valence-electron chi connectivity index (χ1n) is 10.6. The van der Waals surface area contributed by atoms with E-state index in [1.165, 1.54) is 0 Å². The van der Waals surface area contributed by atoms with Crippen molar-refractivity contribution >= 4 is 34.5 Å². The maximum absolute atomic E-state index is 12.6. The van der Waals surface area contributed by atoms with Crippen molar-refractivity contribution in [3.8, 4) is 11.5 Å². The summed E-state index contributed by atoms with van der Waals surface area (Å²) in [5, 5.41) is 9.11. The van der Waals surface area contributed by atoms with Crippen molar-refractivity contribution in [1.82, 2.24) is 25.1 Å². The average molecular weight is 457 g/mol. The smallest absolute Gasteiger partial charge is 0.251 e. The van der Waals surface area contributed by atoms with Crippen LogP contribution in [-0.4, -0.2) is 71.0 Å². The highest BCUT2D eigenvalue weighted by molar-refractivity contribution is 7.99. The number of nitrogens with zero attached hydrogens (tertiary/aromatic N) is 5. The number of fused-ring (bicyclic) bond motifs is 2. The average Bonchev–Trinajstić information content (AvgIpc) is 3.46. The maximum atomic E-state index is 12.6. The zero-order valence-corrected chi connectivity index (χ0v) is 18.6. The van der Waals surface area contributed by atoms with Crippen LogP contribution in [0.3, 0.4) is 0 Å². The molecular formula is C21H24N6O4S. The number of carbonyl (C=O) groups is 1. The van der Waals surface area contributed by atoms with Crippen LogP contribution in [-0.2, 0) is 11.3 Å². The SMILES string of the molecule is CCSc1nc(N2CCOCC2)c2cnn(CCNC(=O)c3ccc4c(c3)OCO4)c2n1. The molecule has 168 valence electrons. The lowest BCUT2D eigenvalue weighted by Gasteiger charge is -2.28. The van der Waals surface area contributed by atoms with Gasteiger partial charge in [-0.1, -0.05) is 18.7 Å². The summed E-state index contributed by atoms with van der Waals surface area (Å²) in [7, 11) is 0. The summed E-state index contributed by atoms with van der Waals surface area (Å²) in [4.78, 5) is 24.3. The molecule has 11 heteroatoms. The van der Waals surface area contributed by atoms with Gasteiger partial charge in [0, 0.05) is 25.2 Å². The monoisotopic (exact) mass is 456 g/mol. The van der Waals surface area contributed by atoms with E-state index in [1.807, 2.05) is 4.68 Å². The van der Waals surface area contributed by atoms with Gasteiger partial charge in [-0.3, -0.25) is 4.79 Å². The second-order valence-corrected chi connectivity index (χ2v) is 8.52. The molecule has 32 heavy (non-hydrogen) atoms. The van der Waals surface area contributed by atoms with Gasteiger partial charge < -0.3 is 24.4 Å². The number of ether oxygens (including phenoxy) is 3. The van der Waals surface area contributed by atoms with Crippen LogP contribution < -0.4 is 19.7 Å².